The highest BCUT2D eigenvalue weighted by atomic mass is 31.0. The molecule has 0 amide bonds. The Hall–Kier alpha value is -1.36. The number of carbonyl (C=O) groups is 1. The van der Waals surface area contributed by atoms with E-state index in [0.717, 1.165) is 47.7 Å². The molecule has 1 aliphatic rings. The van der Waals surface area contributed by atoms with E-state index in [9.17, 15) is 4.79 Å². The molecular formula is C22H36NO4PSi. The number of fused-ring (bicyclic) bond motifs is 1. The Balaban J connectivity index is 2.40. The first kappa shape index (κ1) is 23.9. The number of nitrogens with one attached hydrogen (secondary N) is 1. The molecule has 0 radical (unpaired) electrons. The molecule has 1 N–H and O–H groups in total. The summed E-state index contributed by atoms with van der Waals surface area (Å²) < 4.78 is 17.4. The third-order valence-electron chi connectivity index (χ3n) is 5.10. The van der Waals surface area contributed by atoms with E-state index in [-0.39, 0.29) is 12.6 Å². The Bertz CT molecular complexity index is 771. The molecule has 0 bridgehead atoms. The number of hydrogen-bond acceptors (Lipinski definition) is 5. The van der Waals surface area contributed by atoms with Crippen LogP contribution < -0.4 is 14.8 Å². The molecule has 0 fully saturated rings. The van der Waals surface area contributed by atoms with Crippen LogP contribution in [-0.4, -0.2) is 47.0 Å². The fourth-order valence-corrected chi connectivity index (χ4v) is 4.28. The first-order chi connectivity index (χ1) is 13.7. The SMILES string of the molecule is COc1c(C)c2c(c(OCC[Si](C)(C)C)c1C/C=C(\C)CNCCP)C(=O)OC2. The van der Waals surface area contributed by atoms with Gasteiger partial charge in [-0.25, -0.2) is 4.79 Å². The van der Waals surface area contributed by atoms with Crippen LogP contribution in [0.1, 0.15) is 34.0 Å². The van der Waals surface area contributed by atoms with E-state index in [1.165, 1.54) is 5.57 Å². The number of carbonyl (C=O) groups excluding carboxylic acids is 1. The molecule has 2 rings (SSSR count). The van der Waals surface area contributed by atoms with Gasteiger partial charge in [0.2, 0.25) is 0 Å². The molecule has 1 atom stereocenters. The van der Waals surface area contributed by atoms with Gasteiger partial charge in [0.15, 0.2) is 0 Å². The lowest BCUT2D eigenvalue weighted by Gasteiger charge is -2.21. The lowest BCUT2D eigenvalue weighted by atomic mass is 9.95. The van der Waals surface area contributed by atoms with Gasteiger partial charge in [0.05, 0.1) is 13.7 Å². The third-order valence-corrected chi connectivity index (χ3v) is 7.10. The molecule has 0 aromatic heterocycles. The minimum absolute atomic E-state index is 0.287. The smallest absolute Gasteiger partial charge is 0.342 e. The summed E-state index contributed by atoms with van der Waals surface area (Å²) in [4.78, 5) is 12.5. The highest BCUT2D eigenvalue weighted by Crippen LogP contribution is 2.43. The van der Waals surface area contributed by atoms with Gasteiger partial charge in [-0.3, -0.25) is 0 Å². The van der Waals surface area contributed by atoms with Crippen LogP contribution in [0, 0.1) is 6.92 Å². The average molecular weight is 438 g/mol. The maximum Gasteiger partial charge on any atom is 0.342 e. The van der Waals surface area contributed by atoms with Crippen LogP contribution in [-0.2, 0) is 17.8 Å². The second-order valence-electron chi connectivity index (χ2n) is 8.77. The van der Waals surface area contributed by atoms with Crippen molar-refractivity contribution in [2.24, 2.45) is 0 Å². The number of cyclic esters (lactones) is 1. The van der Waals surface area contributed by atoms with E-state index < -0.39 is 8.07 Å². The van der Waals surface area contributed by atoms with Crippen LogP contribution in [0.3, 0.4) is 0 Å². The van der Waals surface area contributed by atoms with Crippen LogP contribution in [0.25, 0.3) is 0 Å². The molecular weight excluding hydrogens is 401 g/mol. The molecule has 1 unspecified atom stereocenters. The van der Waals surface area contributed by atoms with Crippen molar-refractivity contribution in [3.8, 4) is 11.5 Å². The van der Waals surface area contributed by atoms with E-state index in [1.807, 2.05) is 6.92 Å². The lowest BCUT2D eigenvalue weighted by molar-refractivity contribution is 0.0532. The van der Waals surface area contributed by atoms with Crippen molar-refractivity contribution in [1.29, 1.82) is 0 Å². The Morgan fingerprint density at radius 1 is 1.31 bits per heavy atom. The molecule has 0 saturated carbocycles. The topological polar surface area (TPSA) is 56.8 Å². The zero-order chi connectivity index (χ0) is 21.6. The second-order valence-corrected chi connectivity index (χ2v) is 15.0. The van der Waals surface area contributed by atoms with E-state index in [0.29, 0.717) is 24.3 Å². The van der Waals surface area contributed by atoms with Gasteiger partial charge in [-0.2, -0.15) is 0 Å². The van der Waals surface area contributed by atoms with E-state index in [2.05, 4.69) is 47.2 Å². The van der Waals surface area contributed by atoms with Gasteiger partial charge < -0.3 is 19.5 Å². The molecule has 0 spiro atoms. The molecule has 29 heavy (non-hydrogen) atoms. The Morgan fingerprint density at radius 3 is 2.66 bits per heavy atom. The second kappa shape index (κ2) is 10.6. The Labute approximate surface area is 178 Å². The minimum Gasteiger partial charge on any atom is -0.496 e. The van der Waals surface area contributed by atoms with E-state index in [1.54, 1.807) is 7.11 Å². The summed E-state index contributed by atoms with van der Waals surface area (Å²) in [5.41, 5.74) is 4.62. The predicted octanol–water partition coefficient (Wildman–Crippen LogP) is 4.34. The van der Waals surface area contributed by atoms with Crippen LogP contribution >= 0.6 is 9.24 Å². The van der Waals surface area contributed by atoms with Gasteiger partial charge in [0, 0.05) is 25.7 Å². The highest BCUT2D eigenvalue weighted by molar-refractivity contribution is 7.16. The largest absolute Gasteiger partial charge is 0.496 e. The predicted molar refractivity (Wildman–Crippen MR) is 125 cm³/mol. The zero-order valence-corrected chi connectivity index (χ0v) is 20.9. The van der Waals surface area contributed by atoms with Crippen molar-refractivity contribution in [3.63, 3.8) is 0 Å². The number of benzene rings is 1. The minimum atomic E-state index is -1.25. The highest BCUT2D eigenvalue weighted by Gasteiger charge is 2.33. The van der Waals surface area contributed by atoms with Crippen LogP contribution in [0.15, 0.2) is 11.6 Å². The van der Waals surface area contributed by atoms with Crippen molar-refractivity contribution < 1.29 is 19.0 Å². The monoisotopic (exact) mass is 437 g/mol. The van der Waals surface area contributed by atoms with Crippen LogP contribution in [0.2, 0.25) is 25.7 Å². The summed E-state index contributed by atoms with van der Waals surface area (Å²) in [6.45, 7) is 13.8. The summed E-state index contributed by atoms with van der Waals surface area (Å²) in [5, 5.41) is 3.40. The normalized spacial score (nSPS) is 14.0. The van der Waals surface area contributed by atoms with Gasteiger partial charge in [-0.15, -0.1) is 9.24 Å². The summed E-state index contributed by atoms with van der Waals surface area (Å²) >= 11 is 0. The van der Waals surface area contributed by atoms with Gasteiger partial charge in [0.1, 0.15) is 23.7 Å². The van der Waals surface area contributed by atoms with Crippen LogP contribution in [0.4, 0.5) is 0 Å². The van der Waals surface area contributed by atoms with Crippen molar-refractivity contribution in [2.45, 2.75) is 52.6 Å². The Kier molecular flexibility index (Phi) is 8.74. The molecule has 0 aliphatic carbocycles. The molecule has 5 nitrogen and oxygen atoms in total. The molecule has 162 valence electrons. The quantitative estimate of drug-likeness (QED) is 0.183. The fraction of sp³-hybridized carbons (Fsp3) is 0.591. The number of rotatable bonds is 11. The third kappa shape index (κ3) is 6.31. The maximum absolute atomic E-state index is 12.5. The van der Waals surface area contributed by atoms with Crippen molar-refractivity contribution >= 4 is 23.3 Å². The van der Waals surface area contributed by atoms with Crippen LogP contribution in [0.5, 0.6) is 11.5 Å². The fourth-order valence-electron chi connectivity index (χ4n) is 3.36. The van der Waals surface area contributed by atoms with Gasteiger partial charge in [-0.1, -0.05) is 31.3 Å². The molecule has 0 saturated heterocycles. The number of ether oxygens (including phenoxy) is 3. The van der Waals surface area contributed by atoms with Gasteiger partial charge >= 0.3 is 5.97 Å². The molecule has 1 heterocycles. The summed E-state index contributed by atoms with van der Waals surface area (Å²) in [6.07, 6.45) is 3.87. The number of methoxy groups -OCH3 is 1. The van der Waals surface area contributed by atoms with Gasteiger partial charge in [0.25, 0.3) is 0 Å². The Morgan fingerprint density at radius 2 is 2.03 bits per heavy atom. The molecule has 1 aromatic carbocycles. The molecule has 1 aliphatic heterocycles. The number of esters is 1. The van der Waals surface area contributed by atoms with Gasteiger partial charge in [-0.05, 0) is 44.6 Å². The first-order valence-electron chi connectivity index (χ1n) is 10.3. The molecule has 1 aromatic rings. The number of allylic oxidation sites excluding steroid dienone is 1. The number of hydrogen-bond donors (Lipinski definition) is 1. The first-order valence-corrected chi connectivity index (χ1v) is 14.8. The van der Waals surface area contributed by atoms with Crippen molar-refractivity contribution in [2.75, 3.05) is 33.0 Å². The van der Waals surface area contributed by atoms with Crippen molar-refractivity contribution in [3.05, 3.63) is 33.9 Å². The molecule has 7 heteroatoms. The lowest BCUT2D eigenvalue weighted by Crippen LogP contribution is -2.23. The standard InChI is InChI=1S/C22H36NO4PSi/c1-15(13-23-9-11-28)7-8-17-20(25-3)16(2)18-14-27-22(24)19(18)21(17)26-10-12-29(4,5)6/h7,23H,8-14,28H2,1-6H3/b15-7+. The summed E-state index contributed by atoms with van der Waals surface area (Å²) in [5.74, 6) is 1.15. The van der Waals surface area contributed by atoms with Crippen molar-refractivity contribution in [1.82, 2.24) is 5.32 Å². The summed E-state index contributed by atoms with van der Waals surface area (Å²) in [6, 6.07) is 1.03. The summed E-state index contributed by atoms with van der Waals surface area (Å²) in [7, 11) is 3.15. The maximum atomic E-state index is 12.5. The van der Waals surface area contributed by atoms with E-state index in [4.69, 9.17) is 14.2 Å². The zero-order valence-electron chi connectivity index (χ0n) is 18.7. The van der Waals surface area contributed by atoms with E-state index >= 15 is 0 Å². The average Bonchev–Trinajstić information content (AvgIpc) is 3.03.